The summed E-state index contributed by atoms with van der Waals surface area (Å²) < 4.78 is 4.82. The number of aryl methyl sites for hydroxylation is 2. The zero-order chi connectivity index (χ0) is 24.7. The first-order chi connectivity index (χ1) is 16.1. The van der Waals surface area contributed by atoms with Gasteiger partial charge in [-0.2, -0.15) is 4.57 Å². The fraction of sp³-hybridized carbons (Fsp3) is 0.344. The van der Waals surface area contributed by atoms with Crippen LogP contribution in [0.3, 0.4) is 0 Å². The molecule has 0 saturated carbocycles. The monoisotopic (exact) mass is 451 g/mol. The Kier molecular flexibility index (Phi) is 6.53. The third-order valence-corrected chi connectivity index (χ3v) is 7.29. The van der Waals surface area contributed by atoms with E-state index in [1.54, 1.807) is 0 Å². The Labute approximate surface area is 205 Å². The standard InChI is InChI=1S/C32H39N2/c1-20(2)28-17-27(26-13-11-10-12-14-26)18-29(21(3)4)32(28)34-25(8)23(6)24(7)31(34)30-16-15-22(5)19-33(30)9/h10-21H,1-9H3/q+1. The van der Waals surface area contributed by atoms with Gasteiger partial charge in [0.05, 0.1) is 5.69 Å². The summed E-state index contributed by atoms with van der Waals surface area (Å²) in [5.41, 5.74) is 14.6. The molecule has 0 spiro atoms. The summed E-state index contributed by atoms with van der Waals surface area (Å²) >= 11 is 0. The van der Waals surface area contributed by atoms with Crippen molar-refractivity contribution in [2.24, 2.45) is 7.05 Å². The SMILES string of the molecule is Cc1ccc(-c2c(C)c(C)c(C)n2-c2c(C(C)C)cc(-c3ccccc3)cc2C(C)C)[n+](C)c1. The van der Waals surface area contributed by atoms with Crippen molar-refractivity contribution in [1.29, 1.82) is 0 Å². The molecule has 2 heteroatoms. The molecule has 0 aliphatic heterocycles. The van der Waals surface area contributed by atoms with Gasteiger partial charge < -0.3 is 4.57 Å². The number of benzene rings is 2. The van der Waals surface area contributed by atoms with Gasteiger partial charge in [-0.05, 0) is 91.1 Å². The molecular weight excluding hydrogens is 412 g/mol. The lowest BCUT2D eigenvalue weighted by molar-refractivity contribution is -0.660. The van der Waals surface area contributed by atoms with Crippen LogP contribution in [0.1, 0.15) is 73.0 Å². The lowest BCUT2D eigenvalue weighted by atomic mass is 9.88. The molecule has 0 bridgehead atoms. The van der Waals surface area contributed by atoms with E-state index in [1.807, 2.05) is 0 Å². The van der Waals surface area contributed by atoms with Gasteiger partial charge >= 0.3 is 0 Å². The van der Waals surface area contributed by atoms with Crippen molar-refractivity contribution >= 4 is 0 Å². The molecule has 2 nitrogen and oxygen atoms in total. The lowest BCUT2D eigenvalue weighted by Gasteiger charge is -2.25. The van der Waals surface area contributed by atoms with Crippen LogP contribution in [-0.4, -0.2) is 4.57 Å². The second kappa shape index (κ2) is 9.25. The molecule has 34 heavy (non-hydrogen) atoms. The number of hydrogen-bond acceptors (Lipinski definition) is 0. The van der Waals surface area contributed by atoms with Crippen molar-refractivity contribution < 1.29 is 4.57 Å². The van der Waals surface area contributed by atoms with Gasteiger partial charge in [0.15, 0.2) is 6.20 Å². The van der Waals surface area contributed by atoms with Crippen molar-refractivity contribution in [2.45, 2.75) is 67.2 Å². The fourth-order valence-electron chi connectivity index (χ4n) is 5.15. The van der Waals surface area contributed by atoms with E-state index in [9.17, 15) is 0 Å². The van der Waals surface area contributed by atoms with Crippen LogP contribution in [0.4, 0.5) is 0 Å². The molecule has 2 aromatic heterocycles. The van der Waals surface area contributed by atoms with Crippen LogP contribution in [0.25, 0.3) is 28.2 Å². The van der Waals surface area contributed by atoms with E-state index in [0.717, 1.165) is 0 Å². The lowest BCUT2D eigenvalue weighted by Crippen LogP contribution is -2.32. The third kappa shape index (κ3) is 4.11. The third-order valence-electron chi connectivity index (χ3n) is 7.29. The first-order valence-corrected chi connectivity index (χ1v) is 12.5. The minimum Gasteiger partial charge on any atom is -0.308 e. The predicted octanol–water partition coefficient (Wildman–Crippen LogP) is 8.12. The first kappa shape index (κ1) is 24.0. The van der Waals surface area contributed by atoms with Gasteiger partial charge in [-0.1, -0.05) is 58.0 Å². The van der Waals surface area contributed by atoms with Gasteiger partial charge in [0.2, 0.25) is 5.69 Å². The number of rotatable bonds is 5. The first-order valence-electron chi connectivity index (χ1n) is 12.5. The summed E-state index contributed by atoms with van der Waals surface area (Å²) in [4.78, 5) is 0. The molecule has 0 unspecified atom stereocenters. The van der Waals surface area contributed by atoms with E-state index < -0.39 is 0 Å². The average molecular weight is 452 g/mol. The zero-order valence-electron chi connectivity index (χ0n) is 22.3. The molecule has 4 rings (SSSR count). The summed E-state index contributed by atoms with van der Waals surface area (Å²) in [6, 6.07) is 20.1. The van der Waals surface area contributed by atoms with E-state index in [0.29, 0.717) is 11.8 Å². The molecule has 0 N–H and O–H groups in total. The highest BCUT2D eigenvalue weighted by Gasteiger charge is 2.27. The molecule has 0 fully saturated rings. The summed E-state index contributed by atoms with van der Waals surface area (Å²) in [6.45, 7) is 18.3. The number of aromatic nitrogens is 2. The largest absolute Gasteiger partial charge is 0.308 e. The van der Waals surface area contributed by atoms with Crippen molar-refractivity contribution in [3.05, 3.63) is 94.3 Å². The molecule has 0 aliphatic rings. The highest BCUT2D eigenvalue weighted by atomic mass is 15.1. The normalized spacial score (nSPS) is 11.6. The Morgan fingerprint density at radius 2 is 1.29 bits per heavy atom. The minimum atomic E-state index is 0.401. The van der Waals surface area contributed by atoms with Crippen LogP contribution < -0.4 is 4.57 Å². The maximum Gasteiger partial charge on any atom is 0.229 e. The number of pyridine rings is 1. The van der Waals surface area contributed by atoms with Crippen LogP contribution in [0.5, 0.6) is 0 Å². The summed E-state index contributed by atoms with van der Waals surface area (Å²) in [5.74, 6) is 0.802. The Morgan fingerprint density at radius 1 is 0.706 bits per heavy atom. The second-order valence-corrected chi connectivity index (χ2v) is 10.4. The Balaban J connectivity index is 2.12. The van der Waals surface area contributed by atoms with Gasteiger partial charge in [-0.25, -0.2) is 0 Å². The fourth-order valence-corrected chi connectivity index (χ4v) is 5.15. The summed E-state index contributed by atoms with van der Waals surface area (Å²) in [6.07, 6.45) is 2.22. The topological polar surface area (TPSA) is 8.81 Å². The average Bonchev–Trinajstić information content (AvgIpc) is 3.02. The van der Waals surface area contributed by atoms with Gasteiger partial charge in [-0.15, -0.1) is 0 Å². The molecule has 0 aliphatic carbocycles. The minimum absolute atomic E-state index is 0.401. The van der Waals surface area contributed by atoms with E-state index in [4.69, 9.17) is 0 Å². The number of nitrogens with zero attached hydrogens (tertiary/aromatic N) is 2. The number of hydrogen-bond donors (Lipinski definition) is 0. The molecule has 0 amide bonds. The van der Waals surface area contributed by atoms with Gasteiger partial charge in [0.1, 0.15) is 12.7 Å². The van der Waals surface area contributed by atoms with E-state index in [1.165, 1.54) is 61.7 Å². The van der Waals surface area contributed by atoms with Crippen molar-refractivity contribution in [3.8, 4) is 28.2 Å². The highest BCUT2D eigenvalue weighted by molar-refractivity contribution is 5.73. The predicted molar refractivity (Wildman–Crippen MR) is 145 cm³/mol. The van der Waals surface area contributed by atoms with Crippen LogP contribution in [0, 0.1) is 27.7 Å². The van der Waals surface area contributed by atoms with Gasteiger partial charge in [-0.3, -0.25) is 0 Å². The van der Waals surface area contributed by atoms with E-state index >= 15 is 0 Å². The molecule has 0 saturated heterocycles. The highest BCUT2D eigenvalue weighted by Crippen LogP contribution is 2.41. The second-order valence-electron chi connectivity index (χ2n) is 10.4. The molecule has 2 heterocycles. The zero-order valence-corrected chi connectivity index (χ0v) is 22.3. The molecule has 2 aromatic carbocycles. The van der Waals surface area contributed by atoms with E-state index in [2.05, 4.69) is 132 Å². The molecule has 176 valence electrons. The Hall–Kier alpha value is -3.13. The van der Waals surface area contributed by atoms with E-state index in [-0.39, 0.29) is 0 Å². The molecule has 0 atom stereocenters. The Morgan fingerprint density at radius 3 is 1.82 bits per heavy atom. The van der Waals surface area contributed by atoms with Crippen molar-refractivity contribution in [2.75, 3.05) is 0 Å². The summed E-state index contributed by atoms with van der Waals surface area (Å²) in [5, 5.41) is 0. The smallest absolute Gasteiger partial charge is 0.229 e. The Bertz CT molecular complexity index is 1310. The van der Waals surface area contributed by atoms with Crippen molar-refractivity contribution in [1.82, 2.24) is 4.57 Å². The molecular formula is C32H39N2+. The van der Waals surface area contributed by atoms with Gasteiger partial charge in [0, 0.05) is 17.3 Å². The van der Waals surface area contributed by atoms with Crippen LogP contribution in [0.15, 0.2) is 60.8 Å². The summed E-state index contributed by atoms with van der Waals surface area (Å²) in [7, 11) is 2.16. The molecule has 0 radical (unpaired) electrons. The maximum absolute atomic E-state index is 2.55. The van der Waals surface area contributed by atoms with Crippen LogP contribution >= 0.6 is 0 Å². The maximum atomic E-state index is 2.55. The molecule has 4 aromatic rings. The quantitative estimate of drug-likeness (QED) is 0.271. The van der Waals surface area contributed by atoms with Crippen LogP contribution in [-0.2, 0) is 7.05 Å². The van der Waals surface area contributed by atoms with Gasteiger partial charge in [0.25, 0.3) is 0 Å². The van der Waals surface area contributed by atoms with Crippen molar-refractivity contribution in [3.63, 3.8) is 0 Å². The van der Waals surface area contributed by atoms with Crippen LogP contribution in [0.2, 0.25) is 0 Å².